The quantitative estimate of drug-likeness (QED) is 0.779. The van der Waals surface area contributed by atoms with Crippen LogP contribution in [0.1, 0.15) is 38.3 Å². The molecule has 5 heteroatoms. The number of amides is 1. The molecule has 0 saturated carbocycles. The molecule has 0 aliphatic carbocycles. The fourth-order valence-corrected chi connectivity index (χ4v) is 2.05. The lowest BCUT2D eigenvalue weighted by atomic mass is 10.0. The molecule has 21 heavy (non-hydrogen) atoms. The third kappa shape index (κ3) is 5.55. The number of hydrogen-bond acceptors (Lipinski definition) is 4. The summed E-state index contributed by atoms with van der Waals surface area (Å²) < 4.78 is 4.62. The second kappa shape index (κ2) is 8.42. The van der Waals surface area contributed by atoms with Gasteiger partial charge in [-0.2, -0.15) is 0 Å². The normalized spacial score (nSPS) is 12.0. The summed E-state index contributed by atoms with van der Waals surface area (Å²) in [6, 6.07) is 9.45. The molecule has 116 valence electrons. The van der Waals surface area contributed by atoms with Gasteiger partial charge in [-0.15, -0.1) is 0 Å². The summed E-state index contributed by atoms with van der Waals surface area (Å²) in [4.78, 5) is 25.1. The van der Waals surface area contributed by atoms with E-state index in [0.29, 0.717) is 12.8 Å². The molecule has 1 amide bonds. The summed E-state index contributed by atoms with van der Waals surface area (Å²) in [5.41, 5.74) is 7.09. The molecule has 0 heterocycles. The van der Waals surface area contributed by atoms with Crippen LogP contribution in [0.5, 0.6) is 0 Å². The van der Waals surface area contributed by atoms with Crippen LogP contribution in [0.4, 0.5) is 0 Å². The van der Waals surface area contributed by atoms with Crippen LogP contribution in [0, 0.1) is 0 Å². The second-order valence-corrected chi connectivity index (χ2v) is 5.25. The van der Waals surface area contributed by atoms with Crippen molar-refractivity contribution in [1.29, 1.82) is 0 Å². The molecule has 0 aliphatic rings. The highest BCUT2D eigenvalue weighted by atomic mass is 16.5. The van der Waals surface area contributed by atoms with Crippen molar-refractivity contribution in [2.45, 2.75) is 38.8 Å². The van der Waals surface area contributed by atoms with Crippen molar-refractivity contribution in [3.8, 4) is 0 Å². The minimum absolute atomic E-state index is 0.0203. The Balaban J connectivity index is 2.55. The Bertz CT molecular complexity index is 460. The highest BCUT2D eigenvalue weighted by Crippen LogP contribution is 2.16. The van der Waals surface area contributed by atoms with Crippen molar-refractivity contribution in [2.75, 3.05) is 13.7 Å². The molecular formula is C16H24N2O3. The third-order valence-corrected chi connectivity index (χ3v) is 3.37. The number of nitrogens with zero attached hydrogens (tertiary/aromatic N) is 1. The lowest BCUT2D eigenvalue weighted by Crippen LogP contribution is -2.41. The van der Waals surface area contributed by atoms with Crippen molar-refractivity contribution in [3.63, 3.8) is 0 Å². The highest BCUT2D eigenvalue weighted by molar-refractivity contribution is 5.82. The van der Waals surface area contributed by atoms with Crippen LogP contribution in [0.3, 0.4) is 0 Å². The number of esters is 1. The number of benzene rings is 1. The lowest BCUT2D eigenvalue weighted by molar-refractivity contribution is -0.148. The van der Waals surface area contributed by atoms with Crippen LogP contribution in [0.25, 0.3) is 0 Å². The fourth-order valence-electron chi connectivity index (χ4n) is 2.05. The number of rotatable bonds is 7. The Hall–Kier alpha value is -1.88. The van der Waals surface area contributed by atoms with E-state index in [0.717, 1.165) is 5.56 Å². The number of nitrogens with two attached hydrogens (primary N) is 1. The van der Waals surface area contributed by atoms with Crippen LogP contribution >= 0.6 is 0 Å². The zero-order valence-corrected chi connectivity index (χ0v) is 12.9. The molecule has 1 unspecified atom stereocenters. The van der Waals surface area contributed by atoms with Gasteiger partial charge in [0, 0.05) is 18.5 Å². The molecule has 1 aromatic carbocycles. The molecule has 1 rings (SSSR count). The van der Waals surface area contributed by atoms with E-state index in [1.807, 2.05) is 44.2 Å². The Labute approximate surface area is 126 Å². The van der Waals surface area contributed by atoms with Gasteiger partial charge in [-0.3, -0.25) is 9.59 Å². The maximum Gasteiger partial charge on any atom is 0.325 e. The van der Waals surface area contributed by atoms with E-state index in [1.165, 1.54) is 12.0 Å². The summed E-state index contributed by atoms with van der Waals surface area (Å²) in [6.07, 6.45) is 0.860. The van der Waals surface area contributed by atoms with Crippen molar-refractivity contribution in [1.82, 2.24) is 4.90 Å². The van der Waals surface area contributed by atoms with Gasteiger partial charge in [0.2, 0.25) is 5.91 Å². The van der Waals surface area contributed by atoms with Gasteiger partial charge in [-0.05, 0) is 25.8 Å². The maximum atomic E-state index is 12.2. The Morgan fingerprint density at radius 3 is 2.38 bits per heavy atom. The van der Waals surface area contributed by atoms with Gasteiger partial charge in [-0.25, -0.2) is 0 Å². The van der Waals surface area contributed by atoms with E-state index in [-0.39, 0.29) is 24.5 Å². The van der Waals surface area contributed by atoms with E-state index in [9.17, 15) is 9.59 Å². The first-order valence-corrected chi connectivity index (χ1v) is 7.12. The number of carbonyl (C=O) groups is 2. The van der Waals surface area contributed by atoms with Gasteiger partial charge in [0.15, 0.2) is 0 Å². The summed E-state index contributed by atoms with van der Waals surface area (Å²) in [6.45, 7) is 3.73. The molecule has 0 spiro atoms. The average molecular weight is 292 g/mol. The molecular weight excluding hydrogens is 268 g/mol. The van der Waals surface area contributed by atoms with Crippen LogP contribution in [0.2, 0.25) is 0 Å². The molecule has 0 aliphatic heterocycles. The smallest absolute Gasteiger partial charge is 0.325 e. The third-order valence-electron chi connectivity index (χ3n) is 3.37. The van der Waals surface area contributed by atoms with Gasteiger partial charge in [-0.1, -0.05) is 30.3 Å². The number of carbonyl (C=O) groups excluding carboxylic acids is 2. The van der Waals surface area contributed by atoms with Crippen LogP contribution in [0.15, 0.2) is 30.3 Å². The SMILES string of the molecule is COC(=O)CN(C(=O)CCC(N)c1ccccc1)C(C)C. The summed E-state index contributed by atoms with van der Waals surface area (Å²) >= 11 is 0. The fraction of sp³-hybridized carbons (Fsp3) is 0.500. The Morgan fingerprint density at radius 2 is 1.86 bits per heavy atom. The lowest BCUT2D eigenvalue weighted by Gasteiger charge is -2.26. The molecule has 0 fully saturated rings. The monoisotopic (exact) mass is 292 g/mol. The zero-order chi connectivity index (χ0) is 15.8. The van der Waals surface area contributed by atoms with Gasteiger partial charge >= 0.3 is 5.97 Å². The zero-order valence-electron chi connectivity index (χ0n) is 12.9. The van der Waals surface area contributed by atoms with E-state index in [1.54, 1.807) is 0 Å². The van der Waals surface area contributed by atoms with Crippen molar-refractivity contribution in [3.05, 3.63) is 35.9 Å². The molecule has 5 nitrogen and oxygen atoms in total. The number of ether oxygens (including phenoxy) is 1. The van der Waals surface area contributed by atoms with E-state index < -0.39 is 5.97 Å². The maximum absolute atomic E-state index is 12.2. The predicted molar refractivity (Wildman–Crippen MR) is 81.5 cm³/mol. The molecule has 0 radical (unpaired) electrons. The first kappa shape index (κ1) is 17.2. The van der Waals surface area contributed by atoms with Crippen LogP contribution < -0.4 is 5.73 Å². The topological polar surface area (TPSA) is 72.6 Å². The molecule has 0 bridgehead atoms. The number of hydrogen-bond donors (Lipinski definition) is 1. The molecule has 2 N–H and O–H groups in total. The van der Waals surface area contributed by atoms with Crippen molar-refractivity contribution < 1.29 is 14.3 Å². The summed E-state index contributed by atoms with van der Waals surface area (Å²) in [5, 5.41) is 0. The van der Waals surface area contributed by atoms with Crippen molar-refractivity contribution >= 4 is 11.9 Å². The van der Waals surface area contributed by atoms with E-state index >= 15 is 0 Å². The average Bonchev–Trinajstić information content (AvgIpc) is 2.50. The number of methoxy groups -OCH3 is 1. The first-order valence-electron chi connectivity index (χ1n) is 7.12. The first-order chi connectivity index (χ1) is 9.95. The Morgan fingerprint density at radius 1 is 1.24 bits per heavy atom. The minimum Gasteiger partial charge on any atom is -0.468 e. The van der Waals surface area contributed by atoms with Gasteiger partial charge < -0.3 is 15.4 Å². The summed E-state index contributed by atoms with van der Waals surface area (Å²) in [5.74, 6) is -0.494. The largest absolute Gasteiger partial charge is 0.468 e. The standard InChI is InChI=1S/C16H24N2O3/c1-12(2)18(11-16(20)21-3)15(19)10-9-14(17)13-7-5-4-6-8-13/h4-8,12,14H,9-11,17H2,1-3H3. The van der Waals surface area contributed by atoms with E-state index in [4.69, 9.17) is 5.73 Å². The van der Waals surface area contributed by atoms with Gasteiger partial charge in [0.05, 0.1) is 7.11 Å². The molecule has 0 aromatic heterocycles. The summed E-state index contributed by atoms with van der Waals surface area (Å²) in [7, 11) is 1.32. The van der Waals surface area contributed by atoms with Crippen LogP contribution in [-0.2, 0) is 14.3 Å². The Kier molecular flexibility index (Phi) is 6.88. The second-order valence-electron chi connectivity index (χ2n) is 5.25. The molecule has 1 aromatic rings. The van der Waals surface area contributed by atoms with Gasteiger partial charge in [0.25, 0.3) is 0 Å². The van der Waals surface area contributed by atoms with E-state index in [2.05, 4.69) is 4.74 Å². The van der Waals surface area contributed by atoms with Crippen molar-refractivity contribution in [2.24, 2.45) is 5.73 Å². The molecule has 0 saturated heterocycles. The highest BCUT2D eigenvalue weighted by Gasteiger charge is 2.21. The molecule has 1 atom stereocenters. The van der Waals surface area contributed by atoms with Crippen LogP contribution in [-0.4, -0.2) is 36.5 Å². The van der Waals surface area contributed by atoms with Gasteiger partial charge in [0.1, 0.15) is 6.54 Å². The minimum atomic E-state index is -0.413. The predicted octanol–water partition coefficient (Wildman–Crippen LogP) is 1.88.